The Morgan fingerprint density at radius 3 is 2.36 bits per heavy atom. The number of carbonyl (C=O) groups excluding carboxylic acids is 2. The van der Waals surface area contributed by atoms with E-state index in [9.17, 15) is 9.59 Å². The summed E-state index contributed by atoms with van der Waals surface area (Å²) in [5, 5.41) is 5.31. The third-order valence-electron chi connectivity index (χ3n) is 3.39. The number of anilines is 1. The zero-order valence-electron chi connectivity index (χ0n) is 13.1. The maximum atomic E-state index is 12.1. The zero-order valence-corrected chi connectivity index (χ0v) is 13.1. The Morgan fingerprint density at radius 2 is 1.82 bits per heavy atom. The molecule has 0 aromatic heterocycles. The van der Waals surface area contributed by atoms with Crippen molar-refractivity contribution in [3.63, 3.8) is 0 Å². The number of urea groups is 1. The van der Waals surface area contributed by atoms with Gasteiger partial charge in [-0.3, -0.25) is 4.79 Å². The Bertz CT molecular complexity index is 608. The van der Waals surface area contributed by atoms with Gasteiger partial charge in [-0.1, -0.05) is 20.8 Å². The van der Waals surface area contributed by atoms with Crippen LogP contribution in [0.4, 0.5) is 10.5 Å². The summed E-state index contributed by atoms with van der Waals surface area (Å²) in [5.41, 5.74) is 6.28. The van der Waals surface area contributed by atoms with Crippen LogP contribution in [0.3, 0.4) is 0 Å². The molecule has 0 aliphatic carbocycles. The summed E-state index contributed by atoms with van der Waals surface area (Å²) in [6.07, 6.45) is 0. The molecule has 1 atom stereocenters. The van der Waals surface area contributed by atoms with E-state index in [2.05, 4.69) is 10.6 Å². The van der Waals surface area contributed by atoms with Crippen LogP contribution >= 0.6 is 0 Å². The lowest BCUT2D eigenvalue weighted by Gasteiger charge is -2.28. The van der Waals surface area contributed by atoms with Gasteiger partial charge in [0.05, 0.1) is 0 Å². The first-order valence-electron chi connectivity index (χ1n) is 6.95. The van der Waals surface area contributed by atoms with Gasteiger partial charge in [-0.25, -0.2) is 4.79 Å². The average Bonchev–Trinajstić information content (AvgIpc) is 2.81. The van der Waals surface area contributed by atoms with Gasteiger partial charge in [0.15, 0.2) is 11.5 Å². The molecule has 0 saturated heterocycles. The maximum Gasteiger partial charge on any atom is 0.319 e. The lowest BCUT2D eigenvalue weighted by Crippen LogP contribution is -2.53. The van der Waals surface area contributed by atoms with Gasteiger partial charge in [0.2, 0.25) is 12.7 Å². The van der Waals surface area contributed by atoms with E-state index >= 15 is 0 Å². The number of carbonyl (C=O) groups is 2. The molecule has 7 heteroatoms. The number of fused-ring (bicyclic) bond motifs is 1. The molecule has 0 saturated carbocycles. The molecule has 7 nitrogen and oxygen atoms in total. The fourth-order valence-corrected chi connectivity index (χ4v) is 2.18. The fraction of sp³-hybridized carbons (Fsp3) is 0.467. The van der Waals surface area contributed by atoms with Gasteiger partial charge in [-0.05, 0) is 24.0 Å². The maximum absolute atomic E-state index is 12.1. The Kier molecular flexibility index (Phi) is 4.16. The first kappa shape index (κ1) is 15.9. The van der Waals surface area contributed by atoms with E-state index in [0.717, 1.165) is 5.56 Å². The van der Waals surface area contributed by atoms with Crippen molar-refractivity contribution in [1.82, 2.24) is 5.32 Å². The minimum atomic E-state index is -0.776. The lowest BCUT2D eigenvalue weighted by molar-refractivity contribution is -0.122. The molecule has 22 heavy (non-hydrogen) atoms. The fourth-order valence-electron chi connectivity index (χ4n) is 2.18. The topological polar surface area (TPSA) is 103 Å². The normalized spacial score (nSPS) is 14.4. The molecule has 120 valence electrons. The van der Waals surface area contributed by atoms with Gasteiger partial charge in [-0.15, -0.1) is 0 Å². The number of ether oxygens (including phenoxy) is 2. The third kappa shape index (κ3) is 3.41. The van der Waals surface area contributed by atoms with Gasteiger partial charge in [0.1, 0.15) is 6.04 Å². The molecule has 0 unspecified atom stereocenters. The van der Waals surface area contributed by atoms with E-state index in [1.165, 1.54) is 0 Å². The van der Waals surface area contributed by atoms with E-state index in [4.69, 9.17) is 15.2 Å². The number of amides is 3. The Morgan fingerprint density at radius 1 is 1.23 bits per heavy atom. The van der Waals surface area contributed by atoms with Gasteiger partial charge >= 0.3 is 6.03 Å². The number of hydrogen-bond donors (Lipinski definition) is 3. The summed E-state index contributed by atoms with van der Waals surface area (Å²) in [4.78, 5) is 23.6. The van der Waals surface area contributed by atoms with Crippen molar-refractivity contribution in [1.29, 1.82) is 0 Å². The zero-order chi connectivity index (χ0) is 16.5. The molecule has 1 aliphatic heterocycles. The molecular weight excluding hydrogens is 286 g/mol. The summed E-state index contributed by atoms with van der Waals surface area (Å²) in [7, 11) is 0. The third-order valence-corrected chi connectivity index (χ3v) is 3.39. The predicted molar refractivity (Wildman–Crippen MR) is 81.9 cm³/mol. The summed E-state index contributed by atoms with van der Waals surface area (Å²) in [5.74, 6) is 0.640. The van der Waals surface area contributed by atoms with Crippen LogP contribution in [0.5, 0.6) is 11.5 Å². The molecule has 1 heterocycles. The first-order valence-corrected chi connectivity index (χ1v) is 6.95. The number of nitrogens with two attached hydrogens (primary N) is 1. The van der Waals surface area contributed by atoms with Crippen LogP contribution in [0, 0.1) is 12.3 Å². The van der Waals surface area contributed by atoms with Gasteiger partial charge in [0, 0.05) is 11.8 Å². The van der Waals surface area contributed by atoms with Crippen LogP contribution in [0.1, 0.15) is 26.3 Å². The Labute approximate surface area is 129 Å². The number of rotatable bonds is 3. The molecule has 3 amide bonds. The molecular formula is C15H21N3O4. The molecule has 0 bridgehead atoms. The molecule has 2 rings (SSSR count). The molecule has 0 fully saturated rings. The average molecular weight is 307 g/mol. The van der Waals surface area contributed by atoms with Crippen LogP contribution in [0.25, 0.3) is 0 Å². The highest BCUT2D eigenvalue weighted by molar-refractivity contribution is 5.94. The van der Waals surface area contributed by atoms with E-state index in [-0.39, 0.29) is 6.79 Å². The molecule has 1 aromatic carbocycles. The van der Waals surface area contributed by atoms with Crippen LogP contribution < -0.4 is 25.8 Å². The smallest absolute Gasteiger partial charge is 0.319 e. The lowest BCUT2D eigenvalue weighted by atomic mass is 9.86. The highest BCUT2D eigenvalue weighted by atomic mass is 16.7. The quantitative estimate of drug-likeness (QED) is 0.791. The number of nitrogens with one attached hydrogen (secondary N) is 2. The van der Waals surface area contributed by atoms with Crippen molar-refractivity contribution < 1.29 is 19.1 Å². The highest BCUT2D eigenvalue weighted by Crippen LogP contribution is 2.36. The van der Waals surface area contributed by atoms with E-state index in [0.29, 0.717) is 17.2 Å². The molecule has 0 spiro atoms. The Hall–Kier alpha value is -2.44. The summed E-state index contributed by atoms with van der Waals surface area (Å²) >= 11 is 0. The van der Waals surface area contributed by atoms with Crippen LogP contribution in [0.15, 0.2) is 12.1 Å². The van der Waals surface area contributed by atoms with Crippen molar-refractivity contribution in [2.45, 2.75) is 33.7 Å². The minimum Gasteiger partial charge on any atom is -0.454 e. The number of aryl methyl sites for hydroxylation is 1. The monoisotopic (exact) mass is 307 g/mol. The molecule has 1 aliphatic rings. The summed E-state index contributed by atoms with van der Waals surface area (Å²) < 4.78 is 10.5. The van der Waals surface area contributed by atoms with Crippen molar-refractivity contribution in [3.05, 3.63) is 17.7 Å². The van der Waals surface area contributed by atoms with E-state index < -0.39 is 23.4 Å². The molecule has 0 radical (unpaired) electrons. The van der Waals surface area contributed by atoms with Crippen LogP contribution in [-0.2, 0) is 4.79 Å². The molecule has 4 N–H and O–H groups in total. The van der Waals surface area contributed by atoms with Gasteiger partial charge < -0.3 is 25.8 Å². The van der Waals surface area contributed by atoms with Gasteiger partial charge in [-0.2, -0.15) is 0 Å². The minimum absolute atomic E-state index is 0.165. The van der Waals surface area contributed by atoms with Crippen molar-refractivity contribution in [3.8, 4) is 11.5 Å². The van der Waals surface area contributed by atoms with Crippen molar-refractivity contribution >= 4 is 17.6 Å². The number of primary amides is 1. The number of hydrogen-bond acceptors (Lipinski definition) is 4. The largest absolute Gasteiger partial charge is 0.454 e. The second-order valence-electron chi connectivity index (χ2n) is 6.32. The molecule has 1 aromatic rings. The summed E-state index contributed by atoms with van der Waals surface area (Å²) in [6, 6.07) is 2.20. The second kappa shape index (κ2) is 5.75. The van der Waals surface area contributed by atoms with Crippen LogP contribution in [0.2, 0.25) is 0 Å². The van der Waals surface area contributed by atoms with Crippen LogP contribution in [-0.4, -0.2) is 24.8 Å². The standard InChI is InChI=1S/C15H21N3O4/c1-8-5-10-11(22-7-21-10)6-9(8)17-14(20)18-12(13(16)19)15(2,3)4/h5-6,12H,7H2,1-4H3,(H2,16,19)(H2,17,18,20)/t12-/m1/s1. The van der Waals surface area contributed by atoms with E-state index in [1.54, 1.807) is 12.1 Å². The van der Waals surface area contributed by atoms with Crippen molar-refractivity contribution in [2.75, 3.05) is 12.1 Å². The van der Waals surface area contributed by atoms with Crippen molar-refractivity contribution in [2.24, 2.45) is 11.1 Å². The summed E-state index contributed by atoms with van der Waals surface area (Å²) in [6.45, 7) is 7.49. The second-order valence-corrected chi connectivity index (χ2v) is 6.32. The number of benzene rings is 1. The SMILES string of the molecule is Cc1cc2c(cc1NC(=O)N[C@H](C(N)=O)C(C)(C)C)OCO2. The highest BCUT2D eigenvalue weighted by Gasteiger charge is 2.31. The van der Waals surface area contributed by atoms with E-state index in [1.807, 2.05) is 27.7 Å². The van der Waals surface area contributed by atoms with Gasteiger partial charge in [0.25, 0.3) is 0 Å². The first-order chi connectivity index (χ1) is 10.2. The predicted octanol–water partition coefficient (Wildman–Crippen LogP) is 1.75. The Balaban J connectivity index is 2.11.